The molecular formula is C20H25NO3. The number of carbonyl (C=O) groups excluding carboxylic acids is 1. The third-order valence-electron chi connectivity index (χ3n) is 3.60. The van der Waals surface area contributed by atoms with Crippen molar-refractivity contribution in [2.45, 2.75) is 33.6 Å². The molecule has 4 nitrogen and oxygen atoms in total. The maximum atomic E-state index is 12.0. The minimum Gasteiger partial charge on any atom is -0.494 e. The van der Waals surface area contributed by atoms with Gasteiger partial charge in [0.2, 0.25) is 5.91 Å². The molecule has 24 heavy (non-hydrogen) atoms. The van der Waals surface area contributed by atoms with Crippen molar-refractivity contribution in [3.63, 3.8) is 0 Å². The number of benzene rings is 2. The average molecular weight is 327 g/mol. The fourth-order valence-electron chi connectivity index (χ4n) is 2.30. The van der Waals surface area contributed by atoms with Crippen molar-refractivity contribution in [3.05, 3.63) is 53.6 Å². The molecule has 0 fully saturated rings. The number of carbonyl (C=O) groups is 1. The van der Waals surface area contributed by atoms with Gasteiger partial charge in [-0.15, -0.1) is 0 Å². The standard InChI is InChI=1S/C20H25NO3/c1-4-23-18-11-9-17(10-12-18)21-20(22)6-5-13-24-19-14-15(2)7-8-16(19)3/h7-12,14H,4-6,13H2,1-3H3,(H,21,22). The van der Waals surface area contributed by atoms with Crippen molar-refractivity contribution < 1.29 is 14.3 Å². The second-order valence-corrected chi connectivity index (χ2v) is 5.73. The summed E-state index contributed by atoms with van der Waals surface area (Å²) in [6, 6.07) is 13.5. The lowest BCUT2D eigenvalue weighted by atomic mass is 10.1. The SMILES string of the molecule is CCOc1ccc(NC(=O)CCCOc2cc(C)ccc2C)cc1. The summed E-state index contributed by atoms with van der Waals surface area (Å²) < 4.78 is 11.1. The van der Waals surface area contributed by atoms with Gasteiger partial charge in [0.1, 0.15) is 11.5 Å². The van der Waals surface area contributed by atoms with Crippen molar-refractivity contribution in [2.75, 3.05) is 18.5 Å². The zero-order chi connectivity index (χ0) is 17.4. The van der Waals surface area contributed by atoms with Gasteiger partial charge in [-0.2, -0.15) is 0 Å². The van der Waals surface area contributed by atoms with Crippen LogP contribution in [0.1, 0.15) is 30.9 Å². The van der Waals surface area contributed by atoms with Crippen LogP contribution in [0.15, 0.2) is 42.5 Å². The summed E-state index contributed by atoms with van der Waals surface area (Å²) in [6.45, 7) is 7.16. The van der Waals surface area contributed by atoms with Gasteiger partial charge in [-0.25, -0.2) is 0 Å². The Morgan fingerprint density at radius 2 is 1.79 bits per heavy atom. The number of nitrogens with one attached hydrogen (secondary N) is 1. The van der Waals surface area contributed by atoms with Crippen LogP contribution in [0.5, 0.6) is 11.5 Å². The van der Waals surface area contributed by atoms with Gasteiger partial charge < -0.3 is 14.8 Å². The smallest absolute Gasteiger partial charge is 0.224 e. The van der Waals surface area contributed by atoms with Crippen LogP contribution in [0.4, 0.5) is 5.69 Å². The summed E-state index contributed by atoms with van der Waals surface area (Å²) in [5.74, 6) is 1.68. The lowest BCUT2D eigenvalue weighted by molar-refractivity contribution is -0.116. The highest BCUT2D eigenvalue weighted by atomic mass is 16.5. The predicted octanol–water partition coefficient (Wildman–Crippen LogP) is 4.50. The van der Waals surface area contributed by atoms with E-state index in [0.717, 1.165) is 22.7 Å². The maximum absolute atomic E-state index is 12.0. The Balaban J connectivity index is 1.72. The van der Waals surface area contributed by atoms with Crippen LogP contribution >= 0.6 is 0 Å². The molecule has 0 heterocycles. The second-order valence-electron chi connectivity index (χ2n) is 5.73. The predicted molar refractivity (Wildman–Crippen MR) is 96.9 cm³/mol. The van der Waals surface area contributed by atoms with Gasteiger partial charge >= 0.3 is 0 Å². The number of ether oxygens (including phenoxy) is 2. The summed E-state index contributed by atoms with van der Waals surface area (Å²) in [7, 11) is 0. The summed E-state index contributed by atoms with van der Waals surface area (Å²) in [6.07, 6.45) is 1.11. The van der Waals surface area contributed by atoms with E-state index < -0.39 is 0 Å². The van der Waals surface area contributed by atoms with Crippen LogP contribution in [0, 0.1) is 13.8 Å². The number of rotatable bonds is 8. The number of aryl methyl sites for hydroxylation is 2. The van der Waals surface area contributed by atoms with Gasteiger partial charge in [-0.1, -0.05) is 12.1 Å². The molecule has 0 bridgehead atoms. The van der Waals surface area contributed by atoms with E-state index in [1.807, 2.05) is 57.2 Å². The van der Waals surface area contributed by atoms with E-state index in [9.17, 15) is 4.79 Å². The minimum absolute atomic E-state index is 0.0104. The topological polar surface area (TPSA) is 47.6 Å². The molecule has 4 heteroatoms. The molecule has 0 spiro atoms. The highest BCUT2D eigenvalue weighted by Crippen LogP contribution is 2.19. The summed E-state index contributed by atoms with van der Waals surface area (Å²) in [5, 5.41) is 2.88. The van der Waals surface area contributed by atoms with Crippen molar-refractivity contribution in [3.8, 4) is 11.5 Å². The molecule has 1 amide bonds. The molecule has 0 aliphatic heterocycles. The molecule has 0 radical (unpaired) electrons. The average Bonchev–Trinajstić information content (AvgIpc) is 2.57. The van der Waals surface area contributed by atoms with Crippen LogP contribution in [0.25, 0.3) is 0 Å². The first-order valence-corrected chi connectivity index (χ1v) is 8.31. The van der Waals surface area contributed by atoms with Gasteiger partial charge in [0.15, 0.2) is 0 Å². The molecule has 1 N–H and O–H groups in total. The zero-order valence-corrected chi connectivity index (χ0v) is 14.6. The number of anilines is 1. The number of hydrogen-bond donors (Lipinski definition) is 1. The molecule has 2 rings (SSSR count). The van der Waals surface area contributed by atoms with Gasteiger partial charge in [-0.3, -0.25) is 4.79 Å². The Hall–Kier alpha value is -2.49. The van der Waals surface area contributed by atoms with E-state index in [-0.39, 0.29) is 5.91 Å². The Bertz CT molecular complexity index is 665. The first-order chi connectivity index (χ1) is 11.6. The summed E-state index contributed by atoms with van der Waals surface area (Å²) in [5.41, 5.74) is 3.06. The number of amides is 1. The molecule has 0 aromatic heterocycles. The maximum Gasteiger partial charge on any atom is 0.224 e. The Morgan fingerprint density at radius 3 is 2.50 bits per heavy atom. The van der Waals surface area contributed by atoms with Crippen LogP contribution in [-0.2, 0) is 4.79 Å². The monoisotopic (exact) mass is 327 g/mol. The Labute approximate surface area is 143 Å². The van der Waals surface area contributed by atoms with Crippen molar-refractivity contribution >= 4 is 11.6 Å². The Morgan fingerprint density at radius 1 is 1.04 bits per heavy atom. The number of hydrogen-bond acceptors (Lipinski definition) is 3. The van der Waals surface area contributed by atoms with E-state index >= 15 is 0 Å². The first-order valence-electron chi connectivity index (χ1n) is 8.31. The molecule has 0 atom stereocenters. The highest BCUT2D eigenvalue weighted by Gasteiger charge is 2.04. The van der Waals surface area contributed by atoms with E-state index in [4.69, 9.17) is 9.47 Å². The fraction of sp³-hybridized carbons (Fsp3) is 0.350. The van der Waals surface area contributed by atoms with Crippen molar-refractivity contribution in [1.82, 2.24) is 0 Å². The van der Waals surface area contributed by atoms with Gasteiger partial charge in [0.05, 0.1) is 13.2 Å². The lowest BCUT2D eigenvalue weighted by Crippen LogP contribution is -2.12. The fourth-order valence-corrected chi connectivity index (χ4v) is 2.30. The second kappa shape index (κ2) is 8.96. The normalized spacial score (nSPS) is 10.3. The summed E-state index contributed by atoms with van der Waals surface area (Å²) in [4.78, 5) is 12.0. The molecule has 0 saturated carbocycles. The molecule has 2 aromatic carbocycles. The molecular weight excluding hydrogens is 302 g/mol. The van der Waals surface area contributed by atoms with Crippen molar-refractivity contribution in [1.29, 1.82) is 0 Å². The first kappa shape index (κ1) is 17.9. The molecule has 128 valence electrons. The van der Waals surface area contributed by atoms with Gasteiger partial charge in [-0.05, 0) is 68.7 Å². The third kappa shape index (κ3) is 5.61. The van der Waals surface area contributed by atoms with E-state index in [1.54, 1.807) is 0 Å². The van der Waals surface area contributed by atoms with Crippen LogP contribution in [0.2, 0.25) is 0 Å². The molecule has 0 aliphatic rings. The molecule has 0 unspecified atom stereocenters. The van der Waals surface area contributed by atoms with Crippen molar-refractivity contribution in [2.24, 2.45) is 0 Å². The van der Waals surface area contributed by atoms with Gasteiger partial charge in [0, 0.05) is 12.1 Å². The third-order valence-corrected chi connectivity index (χ3v) is 3.60. The zero-order valence-electron chi connectivity index (χ0n) is 14.6. The minimum atomic E-state index is -0.0104. The molecule has 2 aromatic rings. The van der Waals surface area contributed by atoms with Crippen LogP contribution < -0.4 is 14.8 Å². The molecule has 0 aliphatic carbocycles. The highest BCUT2D eigenvalue weighted by molar-refractivity contribution is 5.90. The van der Waals surface area contributed by atoms with Gasteiger partial charge in [0.25, 0.3) is 0 Å². The van der Waals surface area contributed by atoms with Crippen LogP contribution in [-0.4, -0.2) is 19.1 Å². The van der Waals surface area contributed by atoms with E-state index in [1.165, 1.54) is 5.56 Å². The Kier molecular flexibility index (Phi) is 6.67. The van der Waals surface area contributed by atoms with E-state index in [0.29, 0.717) is 26.1 Å². The largest absolute Gasteiger partial charge is 0.494 e. The van der Waals surface area contributed by atoms with E-state index in [2.05, 4.69) is 11.4 Å². The molecule has 0 saturated heterocycles. The lowest BCUT2D eigenvalue weighted by Gasteiger charge is -2.10. The quantitative estimate of drug-likeness (QED) is 0.726. The van der Waals surface area contributed by atoms with Crippen LogP contribution in [0.3, 0.4) is 0 Å². The summed E-state index contributed by atoms with van der Waals surface area (Å²) >= 11 is 0.